The molecule has 0 unspecified atom stereocenters. The summed E-state index contributed by atoms with van der Waals surface area (Å²) < 4.78 is 58.0. The van der Waals surface area contributed by atoms with Gasteiger partial charge in [-0.05, 0) is 38.0 Å². The molecule has 4 aliphatic heterocycles. The standard InChI is InChI=1S/C34H33F2N5O7/c1-19-34(17-44-18-34)46-12-10-40(19)24-13-20(8-9-21-5-4-11-45-21)15-37-32(24)47-22-14-25(33(42)43)41(16-22)31-28-27(38-30(39-31)29(35)36)23-6-2-3-7-26(23)48-28/h2-3,6-7,13,15,19,21-22,25,29H,4-5,10-12,14,16-18H2,1H3,(H,42,43)/t19-,21-,22-,25-/m0/s1. The molecule has 0 radical (unpaired) electrons. The second kappa shape index (κ2) is 12.1. The van der Waals surface area contributed by atoms with Crippen molar-refractivity contribution >= 4 is 39.5 Å². The highest BCUT2D eigenvalue weighted by Gasteiger charge is 2.50. The number of nitrogens with zero attached hydrogens (tertiary/aromatic N) is 5. The Labute approximate surface area is 273 Å². The Balaban J connectivity index is 1.14. The van der Waals surface area contributed by atoms with Crippen molar-refractivity contribution < 1.29 is 42.0 Å². The lowest BCUT2D eigenvalue weighted by atomic mass is 9.90. The third-order valence-electron chi connectivity index (χ3n) is 9.60. The van der Waals surface area contributed by atoms with Crippen LogP contribution in [-0.2, 0) is 19.0 Å². The first-order chi connectivity index (χ1) is 23.3. The maximum Gasteiger partial charge on any atom is 0.326 e. The van der Waals surface area contributed by atoms with E-state index >= 15 is 0 Å². The maximum atomic E-state index is 14.0. The van der Waals surface area contributed by atoms with Crippen LogP contribution < -0.4 is 14.5 Å². The fourth-order valence-electron chi connectivity index (χ4n) is 6.96. The first-order valence-corrected chi connectivity index (χ1v) is 16.0. The van der Waals surface area contributed by atoms with Crippen molar-refractivity contribution in [3.8, 4) is 17.7 Å². The number of alkyl halides is 2. The van der Waals surface area contributed by atoms with E-state index in [1.165, 1.54) is 4.90 Å². The second-order valence-corrected chi connectivity index (χ2v) is 12.6. The van der Waals surface area contributed by atoms with E-state index in [9.17, 15) is 18.7 Å². The number of furan rings is 1. The fraction of sp³-hybridized carbons (Fsp3) is 0.471. The number of pyridine rings is 1. The maximum absolute atomic E-state index is 14.0. The number of para-hydroxylation sites is 1. The molecule has 0 bridgehead atoms. The number of carboxylic acid groups (broad SMARTS) is 1. The molecule has 8 rings (SSSR count). The lowest BCUT2D eigenvalue weighted by molar-refractivity contribution is -0.228. The van der Waals surface area contributed by atoms with Crippen LogP contribution in [0.2, 0.25) is 0 Å². The first-order valence-electron chi connectivity index (χ1n) is 16.0. The van der Waals surface area contributed by atoms with E-state index < -0.39 is 36.0 Å². The molecule has 1 spiro atoms. The number of anilines is 2. The summed E-state index contributed by atoms with van der Waals surface area (Å²) in [6.07, 6.45) is -0.246. The number of rotatable bonds is 6. The van der Waals surface area contributed by atoms with E-state index in [1.807, 2.05) is 6.07 Å². The lowest BCUT2D eigenvalue weighted by Gasteiger charge is -2.53. The second-order valence-electron chi connectivity index (χ2n) is 12.6. The van der Waals surface area contributed by atoms with Gasteiger partial charge in [0.25, 0.3) is 6.43 Å². The van der Waals surface area contributed by atoms with Gasteiger partial charge in [-0.25, -0.2) is 28.5 Å². The average molecular weight is 662 g/mol. The summed E-state index contributed by atoms with van der Waals surface area (Å²) >= 11 is 0. The summed E-state index contributed by atoms with van der Waals surface area (Å²) in [7, 11) is 0. The van der Waals surface area contributed by atoms with Crippen LogP contribution in [0.1, 0.15) is 44.0 Å². The number of carboxylic acids is 1. The minimum absolute atomic E-state index is 0.0216. The number of fused-ring (bicyclic) bond motifs is 3. The molecule has 4 saturated heterocycles. The molecule has 1 N–H and O–H groups in total. The number of aromatic nitrogens is 3. The molecule has 4 aliphatic rings. The van der Waals surface area contributed by atoms with E-state index in [4.69, 9.17) is 23.4 Å². The van der Waals surface area contributed by atoms with Crippen molar-refractivity contribution in [1.82, 2.24) is 15.0 Å². The van der Waals surface area contributed by atoms with Crippen molar-refractivity contribution in [3.05, 3.63) is 47.9 Å². The van der Waals surface area contributed by atoms with E-state index in [0.29, 0.717) is 61.1 Å². The van der Waals surface area contributed by atoms with Gasteiger partial charge in [0.15, 0.2) is 17.2 Å². The summed E-state index contributed by atoms with van der Waals surface area (Å²) in [5, 5.41) is 10.8. The van der Waals surface area contributed by atoms with E-state index in [1.54, 1.807) is 30.5 Å². The molecule has 7 heterocycles. The van der Waals surface area contributed by atoms with Gasteiger partial charge in [-0.3, -0.25) is 0 Å². The number of benzene rings is 1. The predicted octanol–water partition coefficient (Wildman–Crippen LogP) is 4.34. The molecular formula is C34H33F2N5O7. The topological polar surface area (TPSA) is 133 Å². The van der Waals surface area contributed by atoms with Gasteiger partial charge in [-0.15, -0.1) is 0 Å². The number of hydrogen-bond donors (Lipinski definition) is 1. The smallest absolute Gasteiger partial charge is 0.326 e. The molecule has 48 heavy (non-hydrogen) atoms. The van der Waals surface area contributed by atoms with Gasteiger partial charge in [0, 0.05) is 36.7 Å². The molecule has 4 fully saturated rings. The summed E-state index contributed by atoms with van der Waals surface area (Å²) in [6, 6.07) is 7.63. The molecule has 12 nitrogen and oxygen atoms in total. The number of hydrogen-bond acceptors (Lipinski definition) is 11. The molecule has 1 aromatic carbocycles. The van der Waals surface area contributed by atoms with Gasteiger partial charge in [0.2, 0.25) is 5.88 Å². The van der Waals surface area contributed by atoms with Crippen LogP contribution in [0.25, 0.3) is 22.1 Å². The van der Waals surface area contributed by atoms with Gasteiger partial charge < -0.3 is 38.3 Å². The normalized spacial score (nSPS) is 25.1. The molecular weight excluding hydrogens is 628 g/mol. The Hall–Kier alpha value is -4.58. The summed E-state index contributed by atoms with van der Waals surface area (Å²) in [5.74, 6) is 4.81. The van der Waals surface area contributed by atoms with E-state index in [0.717, 1.165) is 12.8 Å². The Morgan fingerprint density at radius 3 is 2.79 bits per heavy atom. The van der Waals surface area contributed by atoms with Crippen LogP contribution in [0.4, 0.5) is 20.3 Å². The summed E-state index contributed by atoms with van der Waals surface area (Å²) in [4.78, 5) is 29.1. The number of ether oxygens (including phenoxy) is 4. The Kier molecular flexibility index (Phi) is 7.77. The SMILES string of the molecule is C[C@@H]1N(c2cc(C#C[C@@H]3CCCO3)cnc2O[C@H]2C[C@@H](C(=O)O)N(c3nc(C(F)F)nc4c3oc3ccccc34)C2)CCOC12COC2. The Morgan fingerprint density at radius 2 is 2.04 bits per heavy atom. The van der Waals surface area contributed by atoms with Crippen LogP contribution in [-0.4, -0.2) is 95.4 Å². The quantitative estimate of drug-likeness (QED) is 0.295. The number of morpholine rings is 1. The summed E-state index contributed by atoms with van der Waals surface area (Å²) in [6.45, 7) is 4.79. The highest BCUT2D eigenvalue weighted by atomic mass is 19.3. The minimum atomic E-state index is -2.98. The Bertz CT molecular complexity index is 1930. The third kappa shape index (κ3) is 5.35. The van der Waals surface area contributed by atoms with Crippen LogP contribution >= 0.6 is 0 Å². The molecule has 4 aromatic rings. The number of aliphatic carboxylic acids is 1. The molecule has 3 aromatic heterocycles. The number of carbonyl (C=O) groups is 1. The zero-order valence-corrected chi connectivity index (χ0v) is 26.1. The molecule has 0 saturated carbocycles. The van der Waals surface area contributed by atoms with E-state index in [2.05, 4.69) is 38.6 Å². The highest BCUT2D eigenvalue weighted by molar-refractivity contribution is 6.06. The monoisotopic (exact) mass is 661 g/mol. The van der Waals surface area contributed by atoms with Crippen LogP contribution in [0.5, 0.6) is 5.88 Å². The zero-order chi connectivity index (χ0) is 33.0. The van der Waals surface area contributed by atoms with Gasteiger partial charge in [-0.1, -0.05) is 24.0 Å². The van der Waals surface area contributed by atoms with Crippen molar-refractivity contribution in [2.45, 2.75) is 62.5 Å². The van der Waals surface area contributed by atoms with Crippen LogP contribution in [0, 0.1) is 11.8 Å². The van der Waals surface area contributed by atoms with Crippen LogP contribution in [0.15, 0.2) is 40.9 Å². The largest absolute Gasteiger partial charge is 0.480 e. The highest BCUT2D eigenvalue weighted by Crippen LogP contribution is 2.41. The third-order valence-corrected chi connectivity index (χ3v) is 9.60. The van der Waals surface area contributed by atoms with Crippen LogP contribution in [0.3, 0.4) is 0 Å². The van der Waals surface area contributed by atoms with Gasteiger partial charge in [0.1, 0.15) is 40.6 Å². The van der Waals surface area contributed by atoms with E-state index in [-0.39, 0.29) is 42.0 Å². The molecule has 4 atom stereocenters. The molecule has 0 amide bonds. The van der Waals surface area contributed by atoms with Gasteiger partial charge >= 0.3 is 5.97 Å². The zero-order valence-electron chi connectivity index (χ0n) is 26.1. The lowest BCUT2D eigenvalue weighted by Crippen LogP contribution is -2.68. The van der Waals surface area contributed by atoms with Crippen molar-refractivity contribution in [2.75, 3.05) is 49.3 Å². The van der Waals surface area contributed by atoms with Crippen molar-refractivity contribution in [2.24, 2.45) is 0 Å². The van der Waals surface area contributed by atoms with Crippen molar-refractivity contribution in [3.63, 3.8) is 0 Å². The molecule has 0 aliphatic carbocycles. The average Bonchev–Trinajstić information content (AvgIpc) is 3.82. The number of halogens is 2. The predicted molar refractivity (Wildman–Crippen MR) is 168 cm³/mol. The van der Waals surface area contributed by atoms with Gasteiger partial charge in [-0.2, -0.15) is 0 Å². The van der Waals surface area contributed by atoms with Gasteiger partial charge in [0.05, 0.1) is 32.4 Å². The minimum Gasteiger partial charge on any atom is -0.480 e. The summed E-state index contributed by atoms with van der Waals surface area (Å²) in [5.41, 5.74) is 1.69. The molecule has 14 heteroatoms. The Morgan fingerprint density at radius 1 is 1.19 bits per heavy atom. The first kappa shape index (κ1) is 30.7. The fourth-order valence-corrected chi connectivity index (χ4v) is 6.96. The molecule has 250 valence electrons. The van der Waals surface area contributed by atoms with Crippen molar-refractivity contribution in [1.29, 1.82) is 0 Å².